The van der Waals surface area contributed by atoms with Crippen molar-refractivity contribution < 1.29 is 9.59 Å². The molecule has 6 nitrogen and oxygen atoms in total. The van der Waals surface area contributed by atoms with E-state index in [-0.39, 0.29) is 29.7 Å². The van der Waals surface area contributed by atoms with E-state index >= 15 is 0 Å². The number of amides is 2. The van der Waals surface area contributed by atoms with Crippen molar-refractivity contribution in [2.75, 3.05) is 5.32 Å². The SMILES string of the molecule is CC(=O)Nc1cccc([C@H](C)NC(=O)[C@@H]2CCCC[C@H]2c2nc3ccc(Cl)cc3[nH]2)c1. The number of anilines is 1. The number of rotatable bonds is 5. The number of aromatic amines is 1. The zero-order chi connectivity index (χ0) is 22.0. The van der Waals surface area contributed by atoms with Crippen LogP contribution in [0.15, 0.2) is 42.5 Å². The number of nitrogens with zero attached hydrogens (tertiary/aromatic N) is 1. The van der Waals surface area contributed by atoms with Crippen LogP contribution in [0.25, 0.3) is 11.0 Å². The van der Waals surface area contributed by atoms with E-state index in [2.05, 4.69) is 15.6 Å². The first-order valence-electron chi connectivity index (χ1n) is 10.7. The van der Waals surface area contributed by atoms with Crippen LogP contribution in [0.3, 0.4) is 0 Å². The third-order valence-electron chi connectivity index (χ3n) is 5.98. The number of nitrogens with one attached hydrogen (secondary N) is 3. The van der Waals surface area contributed by atoms with Crippen molar-refractivity contribution in [3.8, 4) is 0 Å². The topological polar surface area (TPSA) is 86.9 Å². The number of H-pyrrole nitrogens is 1. The number of hydrogen-bond donors (Lipinski definition) is 3. The lowest BCUT2D eigenvalue weighted by Crippen LogP contribution is -2.37. The lowest BCUT2D eigenvalue weighted by molar-refractivity contribution is -0.127. The molecule has 4 rings (SSSR count). The second kappa shape index (κ2) is 9.10. The average Bonchev–Trinajstić information content (AvgIpc) is 3.16. The number of aromatic nitrogens is 2. The summed E-state index contributed by atoms with van der Waals surface area (Å²) in [6.45, 7) is 3.44. The summed E-state index contributed by atoms with van der Waals surface area (Å²) in [7, 11) is 0. The minimum Gasteiger partial charge on any atom is -0.349 e. The molecule has 0 saturated heterocycles. The molecule has 1 aromatic heterocycles. The molecule has 1 fully saturated rings. The van der Waals surface area contributed by atoms with Crippen molar-refractivity contribution in [3.63, 3.8) is 0 Å². The van der Waals surface area contributed by atoms with Gasteiger partial charge in [-0.05, 0) is 55.7 Å². The van der Waals surface area contributed by atoms with Crippen LogP contribution >= 0.6 is 11.6 Å². The minimum atomic E-state index is -0.168. The highest BCUT2D eigenvalue weighted by molar-refractivity contribution is 6.31. The van der Waals surface area contributed by atoms with E-state index in [1.54, 1.807) is 0 Å². The molecule has 2 aromatic carbocycles. The minimum absolute atomic E-state index is 0.0422. The van der Waals surface area contributed by atoms with Crippen LogP contribution in [-0.2, 0) is 9.59 Å². The maximum Gasteiger partial charge on any atom is 0.224 e. The molecular weight excluding hydrogens is 412 g/mol. The number of carbonyl (C=O) groups is 2. The Morgan fingerprint density at radius 2 is 1.97 bits per heavy atom. The molecule has 0 bridgehead atoms. The molecule has 3 aromatic rings. The summed E-state index contributed by atoms with van der Waals surface area (Å²) in [6.07, 6.45) is 3.89. The van der Waals surface area contributed by atoms with Crippen molar-refractivity contribution in [3.05, 3.63) is 58.9 Å². The largest absolute Gasteiger partial charge is 0.349 e. The summed E-state index contributed by atoms with van der Waals surface area (Å²) in [4.78, 5) is 32.7. The summed E-state index contributed by atoms with van der Waals surface area (Å²) >= 11 is 6.11. The predicted octanol–water partition coefficient (Wildman–Crippen LogP) is 5.33. The van der Waals surface area contributed by atoms with Crippen LogP contribution in [0, 0.1) is 5.92 Å². The molecule has 162 valence electrons. The Balaban J connectivity index is 1.51. The summed E-state index contributed by atoms with van der Waals surface area (Å²) in [5, 5.41) is 6.63. The van der Waals surface area contributed by atoms with Gasteiger partial charge in [-0.25, -0.2) is 4.98 Å². The zero-order valence-corrected chi connectivity index (χ0v) is 18.5. The predicted molar refractivity (Wildman–Crippen MR) is 123 cm³/mol. The molecule has 1 saturated carbocycles. The second-order valence-electron chi connectivity index (χ2n) is 8.32. The van der Waals surface area contributed by atoms with Gasteiger partial charge in [-0.2, -0.15) is 0 Å². The van der Waals surface area contributed by atoms with Crippen molar-refractivity contribution in [2.24, 2.45) is 5.92 Å². The third-order valence-corrected chi connectivity index (χ3v) is 6.22. The van der Waals surface area contributed by atoms with Crippen LogP contribution in [0.4, 0.5) is 5.69 Å². The van der Waals surface area contributed by atoms with Crippen LogP contribution in [-0.4, -0.2) is 21.8 Å². The fourth-order valence-corrected chi connectivity index (χ4v) is 4.61. The Morgan fingerprint density at radius 3 is 2.77 bits per heavy atom. The number of fused-ring (bicyclic) bond motifs is 1. The molecule has 3 atom stereocenters. The van der Waals surface area contributed by atoms with Gasteiger partial charge in [0.1, 0.15) is 5.82 Å². The number of benzene rings is 2. The van der Waals surface area contributed by atoms with Gasteiger partial charge in [0.25, 0.3) is 0 Å². The molecule has 0 aliphatic heterocycles. The number of hydrogen-bond acceptors (Lipinski definition) is 3. The third kappa shape index (κ3) is 4.90. The maximum absolute atomic E-state index is 13.3. The maximum atomic E-state index is 13.3. The Labute approximate surface area is 186 Å². The van der Waals surface area contributed by atoms with Gasteiger partial charge in [0, 0.05) is 29.5 Å². The van der Waals surface area contributed by atoms with E-state index in [9.17, 15) is 9.59 Å². The van der Waals surface area contributed by atoms with E-state index < -0.39 is 0 Å². The molecule has 31 heavy (non-hydrogen) atoms. The van der Waals surface area contributed by atoms with E-state index in [0.717, 1.165) is 53.8 Å². The van der Waals surface area contributed by atoms with E-state index in [4.69, 9.17) is 16.6 Å². The van der Waals surface area contributed by atoms with Crippen LogP contribution in [0.5, 0.6) is 0 Å². The normalized spacial score (nSPS) is 19.7. The molecule has 3 N–H and O–H groups in total. The van der Waals surface area contributed by atoms with Gasteiger partial charge in [0.15, 0.2) is 0 Å². The average molecular weight is 439 g/mol. The molecule has 1 aliphatic carbocycles. The van der Waals surface area contributed by atoms with Crippen LogP contribution in [0.2, 0.25) is 5.02 Å². The summed E-state index contributed by atoms with van der Waals surface area (Å²) < 4.78 is 0. The lowest BCUT2D eigenvalue weighted by atomic mass is 9.78. The standard InChI is InChI=1S/C24H27ClN4O2/c1-14(16-6-5-7-18(12-16)27-15(2)30)26-24(31)20-9-4-3-8-19(20)23-28-21-11-10-17(25)13-22(21)29-23/h5-7,10-14,19-20H,3-4,8-9H2,1-2H3,(H,26,31)(H,27,30)(H,28,29)/t14-,19+,20+/m0/s1. The monoisotopic (exact) mass is 438 g/mol. The summed E-state index contributed by atoms with van der Waals surface area (Å²) in [6, 6.07) is 13.0. The molecular formula is C24H27ClN4O2. The van der Waals surface area contributed by atoms with E-state index in [1.807, 2.05) is 49.4 Å². The van der Waals surface area contributed by atoms with E-state index in [1.165, 1.54) is 6.92 Å². The van der Waals surface area contributed by atoms with Crippen molar-refractivity contribution >= 4 is 40.1 Å². The van der Waals surface area contributed by atoms with Gasteiger partial charge in [-0.3, -0.25) is 9.59 Å². The van der Waals surface area contributed by atoms with Gasteiger partial charge in [-0.1, -0.05) is 36.6 Å². The molecule has 0 radical (unpaired) electrons. The fourth-order valence-electron chi connectivity index (χ4n) is 4.44. The quantitative estimate of drug-likeness (QED) is 0.503. The van der Waals surface area contributed by atoms with Gasteiger partial charge in [0.05, 0.1) is 17.1 Å². The van der Waals surface area contributed by atoms with Crippen molar-refractivity contribution in [1.29, 1.82) is 0 Å². The Morgan fingerprint density at radius 1 is 1.16 bits per heavy atom. The highest BCUT2D eigenvalue weighted by Gasteiger charge is 2.34. The molecule has 7 heteroatoms. The molecule has 0 spiro atoms. The smallest absolute Gasteiger partial charge is 0.224 e. The molecule has 1 aliphatic rings. The molecule has 0 unspecified atom stereocenters. The summed E-state index contributed by atoms with van der Waals surface area (Å²) in [5.41, 5.74) is 3.44. The molecule has 1 heterocycles. The fraction of sp³-hybridized carbons (Fsp3) is 0.375. The lowest BCUT2D eigenvalue weighted by Gasteiger charge is -2.30. The van der Waals surface area contributed by atoms with Gasteiger partial charge >= 0.3 is 0 Å². The Hall–Kier alpha value is -2.86. The molecule has 2 amide bonds. The number of imidazole rings is 1. The Bertz CT molecular complexity index is 1110. The number of halogens is 1. The Kier molecular flexibility index (Phi) is 6.28. The van der Waals surface area contributed by atoms with Gasteiger partial charge in [0.2, 0.25) is 11.8 Å². The van der Waals surface area contributed by atoms with Crippen LogP contribution in [0.1, 0.15) is 62.9 Å². The first kappa shape index (κ1) is 21.4. The highest BCUT2D eigenvalue weighted by Crippen LogP contribution is 2.38. The number of carbonyl (C=O) groups excluding carboxylic acids is 2. The van der Waals surface area contributed by atoms with Crippen LogP contribution < -0.4 is 10.6 Å². The second-order valence-corrected chi connectivity index (χ2v) is 8.75. The van der Waals surface area contributed by atoms with Gasteiger partial charge in [-0.15, -0.1) is 0 Å². The highest BCUT2D eigenvalue weighted by atomic mass is 35.5. The van der Waals surface area contributed by atoms with E-state index in [0.29, 0.717) is 5.02 Å². The summed E-state index contributed by atoms with van der Waals surface area (Å²) in [5.74, 6) is 0.702. The first-order chi connectivity index (χ1) is 14.9. The first-order valence-corrected chi connectivity index (χ1v) is 11.1. The van der Waals surface area contributed by atoms with Gasteiger partial charge < -0.3 is 15.6 Å². The van der Waals surface area contributed by atoms with Crippen molar-refractivity contribution in [2.45, 2.75) is 51.5 Å². The zero-order valence-electron chi connectivity index (χ0n) is 17.7. The van der Waals surface area contributed by atoms with Crippen molar-refractivity contribution in [1.82, 2.24) is 15.3 Å².